The first kappa shape index (κ1) is 14.0. The van der Waals surface area contributed by atoms with Crippen molar-refractivity contribution in [2.75, 3.05) is 7.11 Å². The number of carboxylic acids is 1. The number of benzene rings is 1. The summed E-state index contributed by atoms with van der Waals surface area (Å²) in [7, 11) is 1.60. The molecule has 0 saturated carbocycles. The molecule has 0 radical (unpaired) electrons. The lowest BCUT2D eigenvalue weighted by atomic mass is 10.0. The maximum atomic E-state index is 10.5. The van der Waals surface area contributed by atoms with Crippen LogP contribution < -0.4 is 10.5 Å². The highest BCUT2D eigenvalue weighted by Gasteiger charge is 2.14. The maximum Gasteiger partial charge on any atom is 0.303 e. The van der Waals surface area contributed by atoms with E-state index in [1.54, 1.807) is 7.11 Å². The molecule has 1 aromatic carbocycles. The van der Waals surface area contributed by atoms with E-state index in [1.807, 2.05) is 19.1 Å². The van der Waals surface area contributed by atoms with Crippen LogP contribution in [0.3, 0.4) is 0 Å². The second kappa shape index (κ2) is 6.02. The van der Waals surface area contributed by atoms with Crippen LogP contribution in [0.2, 0.25) is 0 Å². The Labute approximate surface area is 109 Å². The topological polar surface area (TPSA) is 72.5 Å². The number of carboxylic acid groups (broad SMARTS) is 1. The molecule has 0 saturated heterocycles. The number of hydrogen-bond donors (Lipinski definition) is 2. The lowest BCUT2D eigenvalue weighted by molar-refractivity contribution is -0.137. The van der Waals surface area contributed by atoms with Crippen molar-refractivity contribution < 1.29 is 14.6 Å². The second-order valence-electron chi connectivity index (χ2n) is 3.88. The fraction of sp³-hybridized carbons (Fsp3) is 0.417. The number of methoxy groups -OCH3 is 1. The van der Waals surface area contributed by atoms with Gasteiger partial charge in [0.1, 0.15) is 5.75 Å². The Morgan fingerprint density at radius 1 is 1.59 bits per heavy atom. The second-order valence-corrected chi connectivity index (χ2v) is 4.74. The molecule has 1 rings (SSSR count). The Bertz CT molecular complexity index is 420. The molecule has 4 nitrogen and oxygen atoms in total. The fourth-order valence-electron chi connectivity index (χ4n) is 1.61. The molecule has 3 N–H and O–H groups in total. The summed E-state index contributed by atoms with van der Waals surface area (Å²) >= 11 is 3.44. The molecule has 0 bridgehead atoms. The highest BCUT2D eigenvalue weighted by Crippen LogP contribution is 2.31. The molecule has 0 aliphatic heterocycles. The number of aliphatic carboxylic acids is 1. The largest absolute Gasteiger partial charge is 0.496 e. The van der Waals surface area contributed by atoms with E-state index in [0.717, 1.165) is 21.3 Å². The zero-order chi connectivity index (χ0) is 13.0. The van der Waals surface area contributed by atoms with Gasteiger partial charge in [-0.2, -0.15) is 0 Å². The van der Waals surface area contributed by atoms with Crippen LogP contribution in [-0.2, 0) is 4.79 Å². The number of halogens is 1. The van der Waals surface area contributed by atoms with E-state index in [9.17, 15) is 4.79 Å². The fourth-order valence-corrected chi connectivity index (χ4v) is 2.36. The lowest BCUT2D eigenvalue weighted by Crippen LogP contribution is -2.13. The normalized spacial score (nSPS) is 12.2. The molecule has 0 heterocycles. The van der Waals surface area contributed by atoms with Crippen LogP contribution in [0.15, 0.2) is 16.6 Å². The standard InChI is InChI=1S/C12H16BrNO3/c1-7-5-9(13)8(6-11(7)17-2)10(14)3-4-12(15)16/h5-6,10H,3-4,14H2,1-2H3,(H,15,16). The van der Waals surface area contributed by atoms with Crippen LogP contribution in [0.25, 0.3) is 0 Å². The van der Waals surface area contributed by atoms with Gasteiger partial charge in [-0.15, -0.1) is 0 Å². The maximum absolute atomic E-state index is 10.5. The van der Waals surface area contributed by atoms with Crippen molar-refractivity contribution >= 4 is 21.9 Å². The number of aryl methyl sites for hydroxylation is 1. The Kier molecular flexibility index (Phi) is 4.96. The SMILES string of the molecule is COc1cc(C(N)CCC(=O)O)c(Br)cc1C. The number of ether oxygens (including phenoxy) is 1. The van der Waals surface area contributed by atoms with Crippen LogP contribution in [0.4, 0.5) is 0 Å². The number of carbonyl (C=O) groups is 1. The Balaban J connectivity index is 2.92. The predicted molar refractivity (Wildman–Crippen MR) is 69.2 cm³/mol. The first-order valence-corrected chi connectivity index (χ1v) is 6.06. The van der Waals surface area contributed by atoms with Crippen molar-refractivity contribution in [1.29, 1.82) is 0 Å². The minimum absolute atomic E-state index is 0.0593. The summed E-state index contributed by atoms with van der Waals surface area (Å²) in [5.74, 6) is -0.0791. The third-order valence-electron chi connectivity index (χ3n) is 2.58. The third kappa shape index (κ3) is 3.71. The van der Waals surface area contributed by atoms with Gasteiger partial charge in [0, 0.05) is 16.9 Å². The van der Waals surface area contributed by atoms with Gasteiger partial charge in [-0.05, 0) is 36.6 Å². The van der Waals surface area contributed by atoms with Crippen LogP contribution >= 0.6 is 15.9 Å². The van der Waals surface area contributed by atoms with Gasteiger partial charge in [-0.3, -0.25) is 4.79 Å². The molecule has 1 unspecified atom stereocenters. The monoisotopic (exact) mass is 301 g/mol. The average molecular weight is 302 g/mol. The zero-order valence-corrected chi connectivity index (χ0v) is 11.5. The molecule has 0 aliphatic rings. The van der Waals surface area contributed by atoms with Gasteiger partial charge in [-0.1, -0.05) is 15.9 Å². The molecule has 0 spiro atoms. The van der Waals surface area contributed by atoms with Crippen molar-refractivity contribution in [2.24, 2.45) is 5.73 Å². The molecule has 0 amide bonds. The van der Waals surface area contributed by atoms with Gasteiger partial charge in [0.25, 0.3) is 0 Å². The minimum Gasteiger partial charge on any atom is -0.496 e. The van der Waals surface area contributed by atoms with Gasteiger partial charge in [0.2, 0.25) is 0 Å². The molecular weight excluding hydrogens is 286 g/mol. The zero-order valence-electron chi connectivity index (χ0n) is 9.87. The van der Waals surface area contributed by atoms with Crippen molar-refractivity contribution in [2.45, 2.75) is 25.8 Å². The van der Waals surface area contributed by atoms with E-state index in [4.69, 9.17) is 15.6 Å². The smallest absolute Gasteiger partial charge is 0.303 e. The highest BCUT2D eigenvalue weighted by atomic mass is 79.9. The summed E-state index contributed by atoms with van der Waals surface area (Å²) in [6.07, 6.45) is 0.462. The van der Waals surface area contributed by atoms with E-state index in [2.05, 4.69) is 15.9 Å². The Morgan fingerprint density at radius 3 is 2.76 bits per heavy atom. The van der Waals surface area contributed by atoms with Crippen molar-refractivity contribution in [3.8, 4) is 5.75 Å². The first-order chi connectivity index (χ1) is 7.95. The van der Waals surface area contributed by atoms with E-state index in [0.29, 0.717) is 6.42 Å². The average Bonchev–Trinajstić information content (AvgIpc) is 2.26. The van der Waals surface area contributed by atoms with Crippen molar-refractivity contribution in [3.05, 3.63) is 27.7 Å². The van der Waals surface area contributed by atoms with E-state index in [1.165, 1.54) is 0 Å². The van der Waals surface area contributed by atoms with E-state index in [-0.39, 0.29) is 12.5 Å². The number of rotatable bonds is 5. The molecule has 1 atom stereocenters. The molecule has 0 fully saturated rings. The van der Waals surface area contributed by atoms with Crippen LogP contribution in [0.5, 0.6) is 5.75 Å². The molecule has 0 aromatic heterocycles. The summed E-state index contributed by atoms with van der Waals surface area (Å²) in [6.45, 7) is 1.94. The third-order valence-corrected chi connectivity index (χ3v) is 3.27. The Morgan fingerprint density at radius 2 is 2.24 bits per heavy atom. The van der Waals surface area contributed by atoms with Crippen molar-refractivity contribution in [3.63, 3.8) is 0 Å². The van der Waals surface area contributed by atoms with Crippen molar-refractivity contribution in [1.82, 2.24) is 0 Å². The first-order valence-electron chi connectivity index (χ1n) is 5.27. The van der Waals surface area contributed by atoms with Gasteiger partial charge < -0.3 is 15.6 Å². The quantitative estimate of drug-likeness (QED) is 0.877. The summed E-state index contributed by atoms with van der Waals surface area (Å²) in [5.41, 5.74) is 7.85. The number of nitrogens with two attached hydrogens (primary N) is 1. The minimum atomic E-state index is -0.837. The molecular formula is C12H16BrNO3. The molecule has 17 heavy (non-hydrogen) atoms. The van der Waals surface area contributed by atoms with Crippen LogP contribution in [0, 0.1) is 6.92 Å². The molecule has 1 aromatic rings. The molecule has 94 valence electrons. The Hall–Kier alpha value is -1.07. The van der Waals surface area contributed by atoms with Gasteiger partial charge in [0.05, 0.1) is 7.11 Å². The summed E-state index contributed by atoms with van der Waals surface area (Å²) in [5, 5.41) is 8.63. The summed E-state index contributed by atoms with van der Waals surface area (Å²) in [4.78, 5) is 10.5. The summed E-state index contributed by atoms with van der Waals surface area (Å²) in [6, 6.07) is 3.47. The van der Waals surface area contributed by atoms with Gasteiger partial charge >= 0.3 is 5.97 Å². The van der Waals surface area contributed by atoms with Crippen LogP contribution in [-0.4, -0.2) is 18.2 Å². The lowest BCUT2D eigenvalue weighted by Gasteiger charge is -2.15. The van der Waals surface area contributed by atoms with Crippen LogP contribution in [0.1, 0.15) is 30.0 Å². The number of hydrogen-bond acceptors (Lipinski definition) is 3. The highest BCUT2D eigenvalue weighted by molar-refractivity contribution is 9.10. The molecule has 5 heteroatoms. The molecule has 0 aliphatic carbocycles. The van der Waals surface area contributed by atoms with Gasteiger partial charge in [-0.25, -0.2) is 0 Å². The van der Waals surface area contributed by atoms with E-state index >= 15 is 0 Å². The summed E-state index contributed by atoms with van der Waals surface area (Å²) < 4.78 is 6.11. The van der Waals surface area contributed by atoms with Gasteiger partial charge in [0.15, 0.2) is 0 Å². The predicted octanol–water partition coefficient (Wildman–Crippen LogP) is 2.63. The van der Waals surface area contributed by atoms with E-state index < -0.39 is 5.97 Å².